The highest BCUT2D eigenvalue weighted by molar-refractivity contribution is 4.92. The molecule has 10 nitrogen and oxygen atoms in total. The Morgan fingerprint density at radius 2 is 1.45 bits per heavy atom. The quantitative estimate of drug-likeness (QED) is 0.269. The minimum absolute atomic E-state index is 0.642. The Morgan fingerprint density at radius 1 is 0.818 bits per heavy atom. The fraction of sp³-hybridized carbons (Fsp3) is 1.00. The molecule has 0 spiro atoms. The average Bonchev–Trinajstić information content (AvgIpc) is 2.49. The van der Waals surface area contributed by atoms with Crippen molar-refractivity contribution in [2.24, 2.45) is 0 Å². The van der Waals surface area contributed by atoms with Gasteiger partial charge in [-0.25, -0.2) is 0 Å². The van der Waals surface area contributed by atoms with E-state index in [1.807, 2.05) is 0 Å². The predicted octanol–water partition coefficient (Wildman–Crippen LogP) is -4.37. The van der Waals surface area contributed by atoms with Gasteiger partial charge in [0.15, 0.2) is 12.6 Å². The van der Waals surface area contributed by atoms with E-state index < -0.39 is 68.0 Å². The van der Waals surface area contributed by atoms with Crippen LogP contribution < -0.4 is 0 Å². The van der Waals surface area contributed by atoms with Crippen molar-refractivity contribution in [2.45, 2.75) is 68.3 Å². The Kier molecular flexibility index (Phi) is 5.72. The van der Waals surface area contributed by atoms with Gasteiger partial charge in [0, 0.05) is 0 Å². The van der Waals surface area contributed by atoms with Crippen LogP contribution in [0.4, 0.5) is 0 Å². The Labute approximate surface area is 126 Å². The highest BCUT2D eigenvalue weighted by Gasteiger charge is 2.49. The van der Waals surface area contributed by atoms with Gasteiger partial charge in [-0.2, -0.15) is 0 Å². The predicted molar refractivity (Wildman–Crippen MR) is 67.2 cm³/mol. The van der Waals surface area contributed by atoms with E-state index in [0.717, 1.165) is 0 Å². The molecule has 0 aliphatic carbocycles. The third-order valence-corrected chi connectivity index (χ3v) is 3.94. The standard InChI is InChI=1S/C12H22O10/c1-3-5(14)8(17)10(11(19)20-3)22-12-9(18)7(16)6(15)4(2-13)21-12/h3-19H,2H2,1H3/t3-,4+,5-,6+,7-,8+,9-,10+,11?,12?/m0/s1. The van der Waals surface area contributed by atoms with E-state index >= 15 is 0 Å². The van der Waals surface area contributed by atoms with Crippen LogP contribution in [0.2, 0.25) is 0 Å². The van der Waals surface area contributed by atoms with E-state index in [2.05, 4.69) is 0 Å². The topological polar surface area (TPSA) is 169 Å². The molecule has 0 radical (unpaired) electrons. The van der Waals surface area contributed by atoms with Crippen LogP contribution in [0, 0.1) is 0 Å². The van der Waals surface area contributed by atoms with Gasteiger partial charge in [-0.05, 0) is 6.92 Å². The van der Waals surface area contributed by atoms with Gasteiger partial charge in [-0.1, -0.05) is 0 Å². The number of ether oxygens (including phenoxy) is 3. The first-order valence-electron chi connectivity index (χ1n) is 6.93. The molecule has 2 aliphatic heterocycles. The molecule has 7 N–H and O–H groups in total. The van der Waals surface area contributed by atoms with Crippen molar-refractivity contribution >= 4 is 0 Å². The van der Waals surface area contributed by atoms with E-state index in [1.54, 1.807) is 0 Å². The van der Waals surface area contributed by atoms with Crippen LogP contribution in [0.15, 0.2) is 0 Å². The molecule has 2 heterocycles. The molecule has 0 saturated carbocycles. The summed E-state index contributed by atoms with van der Waals surface area (Å²) in [6.07, 6.45) is -14.4. The highest BCUT2D eigenvalue weighted by Crippen LogP contribution is 2.28. The highest BCUT2D eigenvalue weighted by atomic mass is 16.7. The fourth-order valence-electron chi connectivity index (χ4n) is 2.50. The summed E-state index contributed by atoms with van der Waals surface area (Å²) < 4.78 is 15.3. The first-order valence-corrected chi connectivity index (χ1v) is 6.93. The number of aliphatic hydroxyl groups is 7. The molecule has 0 bridgehead atoms. The lowest BCUT2D eigenvalue weighted by atomic mass is 9.98. The summed E-state index contributed by atoms with van der Waals surface area (Å²) in [6, 6.07) is 0. The van der Waals surface area contributed by atoms with Crippen molar-refractivity contribution in [3.8, 4) is 0 Å². The summed E-state index contributed by atoms with van der Waals surface area (Å²) in [5.74, 6) is 0. The molecule has 10 atom stereocenters. The third-order valence-electron chi connectivity index (χ3n) is 3.94. The van der Waals surface area contributed by atoms with Gasteiger partial charge in [0.05, 0.1) is 12.7 Å². The van der Waals surface area contributed by atoms with Crippen LogP contribution >= 0.6 is 0 Å². The van der Waals surface area contributed by atoms with Gasteiger partial charge in [-0.15, -0.1) is 0 Å². The normalized spacial score (nSPS) is 53.5. The first-order chi connectivity index (χ1) is 10.3. The molecule has 2 rings (SSSR count). The summed E-state index contributed by atoms with van der Waals surface area (Å²) in [6.45, 7) is 0.803. The second-order valence-electron chi connectivity index (χ2n) is 5.51. The van der Waals surface area contributed by atoms with Crippen molar-refractivity contribution in [2.75, 3.05) is 6.61 Å². The van der Waals surface area contributed by atoms with Gasteiger partial charge >= 0.3 is 0 Å². The molecule has 0 aromatic rings. The SMILES string of the molecule is C[C@@H]1OC(O)[C@H](OC2O[C@H](CO)[C@@H](O)[C@H](O)[C@@H]2O)[C@H](O)[C@H]1O. The van der Waals surface area contributed by atoms with E-state index in [-0.39, 0.29) is 0 Å². The second-order valence-corrected chi connectivity index (χ2v) is 5.51. The van der Waals surface area contributed by atoms with Crippen molar-refractivity contribution in [3.05, 3.63) is 0 Å². The molecule has 130 valence electrons. The summed E-state index contributed by atoms with van der Waals surface area (Å²) in [7, 11) is 0. The van der Waals surface area contributed by atoms with Crippen LogP contribution in [0.3, 0.4) is 0 Å². The zero-order chi connectivity index (χ0) is 16.6. The van der Waals surface area contributed by atoms with E-state index in [4.69, 9.17) is 19.3 Å². The monoisotopic (exact) mass is 326 g/mol. The van der Waals surface area contributed by atoms with Crippen LogP contribution in [0.25, 0.3) is 0 Å². The summed E-state index contributed by atoms with van der Waals surface area (Å²) >= 11 is 0. The number of hydrogen-bond donors (Lipinski definition) is 7. The zero-order valence-electron chi connectivity index (χ0n) is 11.8. The van der Waals surface area contributed by atoms with Crippen molar-refractivity contribution < 1.29 is 50.0 Å². The van der Waals surface area contributed by atoms with Crippen molar-refractivity contribution in [1.29, 1.82) is 0 Å². The third kappa shape index (κ3) is 3.26. The Balaban J connectivity index is 2.08. The van der Waals surface area contributed by atoms with Crippen molar-refractivity contribution in [1.82, 2.24) is 0 Å². The smallest absolute Gasteiger partial charge is 0.187 e. The average molecular weight is 326 g/mol. The second kappa shape index (κ2) is 7.01. The molecule has 22 heavy (non-hydrogen) atoms. The largest absolute Gasteiger partial charge is 0.394 e. The summed E-state index contributed by atoms with van der Waals surface area (Å²) in [4.78, 5) is 0. The zero-order valence-corrected chi connectivity index (χ0v) is 11.8. The van der Waals surface area contributed by atoms with Gasteiger partial charge in [-0.3, -0.25) is 0 Å². The maximum Gasteiger partial charge on any atom is 0.187 e. The molecule has 2 fully saturated rings. The molecule has 2 unspecified atom stereocenters. The summed E-state index contributed by atoms with van der Waals surface area (Å²) in [5.41, 5.74) is 0. The molecule has 2 saturated heterocycles. The molecule has 0 amide bonds. The Hall–Kier alpha value is -0.400. The van der Waals surface area contributed by atoms with E-state index in [0.29, 0.717) is 0 Å². The lowest BCUT2D eigenvalue weighted by Gasteiger charge is -2.44. The minimum atomic E-state index is -1.69. The van der Waals surface area contributed by atoms with Crippen LogP contribution in [0.1, 0.15) is 6.92 Å². The van der Waals surface area contributed by atoms with Gasteiger partial charge in [0.2, 0.25) is 0 Å². The Morgan fingerprint density at radius 3 is 2.05 bits per heavy atom. The van der Waals surface area contributed by atoms with Gasteiger partial charge < -0.3 is 50.0 Å². The number of hydrogen-bond acceptors (Lipinski definition) is 10. The number of aliphatic hydroxyl groups excluding tert-OH is 7. The van der Waals surface area contributed by atoms with Crippen LogP contribution in [-0.4, -0.2) is 104 Å². The Bertz CT molecular complexity index is 366. The molecule has 10 heteroatoms. The number of rotatable bonds is 3. The van der Waals surface area contributed by atoms with Crippen molar-refractivity contribution in [3.63, 3.8) is 0 Å². The molecule has 0 aromatic heterocycles. The van der Waals surface area contributed by atoms with E-state index in [9.17, 15) is 30.6 Å². The molecular weight excluding hydrogens is 304 g/mol. The summed E-state index contributed by atoms with van der Waals surface area (Å²) in [5, 5.41) is 67.6. The first kappa shape index (κ1) is 17.9. The fourth-order valence-corrected chi connectivity index (χ4v) is 2.50. The van der Waals surface area contributed by atoms with Gasteiger partial charge in [0.25, 0.3) is 0 Å². The van der Waals surface area contributed by atoms with E-state index in [1.165, 1.54) is 6.92 Å². The van der Waals surface area contributed by atoms with Crippen LogP contribution in [0.5, 0.6) is 0 Å². The minimum Gasteiger partial charge on any atom is -0.394 e. The van der Waals surface area contributed by atoms with Gasteiger partial charge in [0.1, 0.15) is 42.7 Å². The molecular formula is C12H22O10. The maximum atomic E-state index is 9.92. The lowest BCUT2D eigenvalue weighted by molar-refractivity contribution is -0.359. The lowest BCUT2D eigenvalue weighted by Crippen LogP contribution is -2.63. The molecule has 2 aliphatic rings. The molecule has 0 aromatic carbocycles. The van der Waals surface area contributed by atoms with Crippen LogP contribution in [-0.2, 0) is 14.2 Å². The maximum absolute atomic E-state index is 9.92.